The molecule has 4 rings (SSSR count). The number of pyridine rings is 1. The van der Waals surface area contributed by atoms with Crippen LogP contribution >= 0.6 is 11.6 Å². The Balaban J connectivity index is 1.62. The first-order chi connectivity index (χ1) is 15.9. The number of esters is 1. The number of carbonyl (C=O) groups excluding carboxylic acids is 2. The summed E-state index contributed by atoms with van der Waals surface area (Å²) in [6, 6.07) is 18.1. The summed E-state index contributed by atoms with van der Waals surface area (Å²) in [5.74, 6) is -0.819. The highest BCUT2D eigenvalue weighted by Gasteiger charge is 2.20. The van der Waals surface area contributed by atoms with Crippen LogP contribution in [0.2, 0.25) is 5.02 Å². The van der Waals surface area contributed by atoms with Crippen molar-refractivity contribution in [3.05, 3.63) is 101 Å². The molecule has 0 N–H and O–H groups in total. The Hall–Kier alpha value is -3.70. The molecule has 0 aliphatic carbocycles. The van der Waals surface area contributed by atoms with E-state index in [1.807, 2.05) is 60.9 Å². The van der Waals surface area contributed by atoms with Crippen molar-refractivity contribution >= 4 is 34.3 Å². The molecule has 0 radical (unpaired) electrons. The lowest BCUT2D eigenvalue weighted by molar-refractivity contribution is 0.0476. The quantitative estimate of drug-likeness (QED) is 0.188. The molecule has 33 heavy (non-hydrogen) atoms. The van der Waals surface area contributed by atoms with E-state index in [0.717, 1.165) is 17.0 Å². The van der Waals surface area contributed by atoms with E-state index in [2.05, 4.69) is 11.6 Å². The van der Waals surface area contributed by atoms with Gasteiger partial charge >= 0.3 is 5.97 Å². The molecule has 6 heteroatoms. The number of benzene rings is 2. The molecule has 0 amide bonds. The maximum absolute atomic E-state index is 13.0. The third-order valence-electron chi connectivity index (χ3n) is 5.60. The van der Waals surface area contributed by atoms with E-state index in [4.69, 9.17) is 16.3 Å². The zero-order chi connectivity index (χ0) is 23.5. The van der Waals surface area contributed by atoms with Crippen LogP contribution in [-0.4, -0.2) is 27.9 Å². The molecule has 2 heterocycles. The number of ether oxygens (including phenoxy) is 1. The number of para-hydroxylation sites is 1. The highest BCUT2D eigenvalue weighted by atomic mass is 35.5. The number of ketones is 1. The smallest absolute Gasteiger partial charge is 0.339 e. The van der Waals surface area contributed by atoms with Crippen LogP contribution in [-0.2, 0) is 11.3 Å². The summed E-state index contributed by atoms with van der Waals surface area (Å²) in [6.07, 6.45) is 1.78. The predicted molar refractivity (Wildman–Crippen MR) is 131 cm³/mol. The third-order valence-corrected chi connectivity index (χ3v) is 5.85. The second-order valence-corrected chi connectivity index (χ2v) is 8.20. The SMILES string of the molecule is C=CCn1c(C)cc(C(=O)COC(=O)c2cc(-c3ccc(Cl)cc3)nc3ccccc23)c1C. The Bertz CT molecular complexity index is 1370. The van der Waals surface area contributed by atoms with Gasteiger partial charge in [-0.25, -0.2) is 9.78 Å². The predicted octanol–water partition coefficient (Wildman–Crippen LogP) is 6.20. The molecule has 0 aliphatic rings. The van der Waals surface area contributed by atoms with Gasteiger partial charge in [-0.3, -0.25) is 4.79 Å². The number of allylic oxidation sites excluding steroid dienone is 1. The number of carbonyl (C=O) groups is 2. The van der Waals surface area contributed by atoms with Crippen molar-refractivity contribution < 1.29 is 14.3 Å². The summed E-state index contributed by atoms with van der Waals surface area (Å²) >= 11 is 6.00. The van der Waals surface area contributed by atoms with E-state index in [9.17, 15) is 9.59 Å². The van der Waals surface area contributed by atoms with Crippen molar-refractivity contribution in [1.29, 1.82) is 0 Å². The fraction of sp³-hybridized carbons (Fsp3) is 0.148. The van der Waals surface area contributed by atoms with Crippen LogP contribution in [0.15, 0.2) is 73.3 Å². The number of fused-ring (bicyclic) bond motifs is 1. The highest BCUT2D eigenvalue weighted by molar-refractivity contribution is 6.30. The molecule has 0 atom stereocenters. The van der Waals surface area contributed by atoms with Gasteiger partial charge in [-0.2, -0.15) is 0 Å². The van der Waals surface area contributed by atoms with Crippen molar-refractivity contribution in [3.63, 3.8) is 0 Å². The number of aryl methyl sites for hydroxylation is 1. The molecular weight excluding hydrogens is 436 g/mol. The van der Waals surface area contributed by atoms with E-state index < -0.39 is 5.97 Å². The van der Waals surface area contributed by atoms with Gasteiger partial charge in [0.15, 0.2) is 6.61 Å². The second-order valence-electron chi connectivity index (χ2n) is 7.76. The van der Waals surface area contributed by atoms with E-state index >= 15 is 0 Å². The molecule has 4 aromatic rings. The molecule has 0 aliphatic heterocycles. The van der Waals surface area contributed by atoms with Gasteiger partial charge in [-0.15, -0.1) is 6.58 Å². The summed E-state index contributed by atoms with van der Waals surface area (Å²) in [5.41, 5.74) is 4.79. The Morgan fingerprint density at radius 1 is 1.06 bits per heavy atom. The van der Waals surface area contributed by atoms with Crippen molar-refractivity contribution in [3.8, 4) is 11.3 Å². The molecule has 2 aromatic heterocycles. The summed E-state index contributed by atoms with van der Waals surface area (Å²) in [6.45, 7) is 7.83. The number of nitrogens with zero attached hydrogens (tertiary/aromatic N) is 2. The number of aromatic nitrogens is 2. The van der Waals surface area contributed by atoms with Crippen molar-refractivity contribution in [2.45, 2.75) is 20.4 Å². The van der Waals surface area contributed by atoms with Crippen LogP contribution in [0.3, 0.4) is 0 Å². The number of hydrogen-bond acceptors (Lipinski definition) is 4. The van der Waals surface area contributed by atoms with Crippen LogP contribution in [0.5, 0.6) is 0 Å². The second kappa shape index (κ2) is 9.43. The first-order valence-electron chi connectivity index (χ1n) is 10.5. The number of halogens is 1. The lowest BCUT2D eigenvalue weighted by Crippen LogP contribution is -2.15. The average molecular weight is 459 g/mol. The third kappa shape index (κ3) is 4.59. The van der Waals surface area contributed by atoms with Gasteiger partial charge in [0.2, 0.25) is 5.78 Å². The van der Waals surface area contributed by atoms with Gasteiger partial charge < -0.3 is 9.30 Å². The van der Waals surface area contributed by atoms with Crippen LogP contribution in [0, 0.1) is 13.8 Å². The van der Waals surface area contributed by atoms with Gasteiger partial charge in [0.05, 0.1) is 16.8 Å². The Labute approximate surface area is 197 Å². The maximum Gasteiger partial charge on any atom is 0.339 e. The van der Waals surface area contributed by atoms with E-state index in [-0.39, 0.29) is 12.4 Å². The largest absolute Gasteiger partial charge is 0.454 e. The molecule has 0 bridgehead atoms. The van der Waals surface area contributed by atoms with Gasteiger partial charge in [-0.1, -0.05) is 48.0 Å². The zero-order valence-electron chi connectivity index (χ0n) is 18.5. The summed E-state index contributed by atoms with van der Waals surface area (Å²) in [5, 5.41) is 1.28. The molecule has 2 aromatic carbocycles. The lowest BCUT2D eigenvalue weighted by Gasteiger charge is -2.10. The maximum atomic E-state index is 13.0. The van der Waals surface area contributed by atoms with Crippen LogP contribution in [0.25, 0.3) is 22.2 Å². The fourth-order valence-electron chi connectivity index (χ4n) is 3.89. The van der Waals surface area contributed by atoms with E-state index in [0.29, 0.717) is 39.3 Å². The fourth-order valence-corrected chi connectivity index (χ4v) is 4.02. The van der Waals surface area contributed by atoms with Gasteiger partial charge in [-0.05, 0) is 44.2 Å². The molecule has 166 valence electrons. The minimum Gasteiger partial charge on any atom is -0.454 e. The molecular formula is C27H23ClN2O3. The van der Waals surface area contributed by atoms with Crippen molar-refractivity contribution in [2.24, 2.45) is 0 Å². The standard InChI is InChI=1S/C27H23ClN2O3/c1-4-13-30-17(2)14-22(18(30)3)26(31)16-33-27(32)23-15-25(19-9-11-20(28)12-10-19)29-24-8-6-5-7-21(23)24/h4-12,14-15H,1,13,16H2,2-3H3. The van der Waals surface area contributed by atoms with Gasteiger partial charge in [0, 0.05) is 39.5 Å². The molecule has 0 spiro atoms. The topological polar surface area (TPSA) is 61.2 Å². The van der Waals surface area contributed by atoms with Crippen molar-refractivity contribution in [1.82, 2.24) is 9.55 Å². The molecule has 0 unspecified atom stereocenters. The molecule has 0 saturated heterocycles. The monoisotopic (exact) mass is 458 g/mol. The van der Waals surface area contributed by atoms with Crippen molar-refractivity contribution in [2.75, 3.05) is 6.61 Å². The van der Waals surface area contributed by atoms with Crippen LogP contribution in [0.1, 0.15) is 32.1 Å². The zero-order valence-corrected chi connectivity index (χ0v) is 19.2. The minimum atomic E-state index is -0.572. The van der Waals surface area contributed by atoms with Crippen LogP contribution < -0.4 is 0 Å². The summed E-state index contributed by atoms with van der Waals surface area (Å²) < 4.78 is 7.46. The summed E-state index contributed by atoms with van der Waals surface area (Å²) in [7, 11) is 0. The molecule has 0 saturated carbocycles. The highest BCUT2D eigenvalue weighted by Crippen LogP contribution is 2.26. The lowest BCUT2D eigenvalue weighted by atomic mass is 10.0. The Morgan fingerprint density at radius 3 is 2.52 bits per heavy atom. The molecule has 0 fully saturated rings. The van der Waals surface area contributed by atoms with Crippen LogP contribution in [0.4, 0.5) is 0 Å². The first-order valence-corrected chi connectivity index (χ1v) is 10.9. The van der Waals surface area contributed by atoms with Gasteiger partial charge in [0.1, 0.15) is 0 Å². The normalized spacial score (nSPS) is 10.9. The number of rotatable bonds is 7. The van der Waals surface area contributed by atoms with E-state index in [1.54, 1.807) is 24.3 Å². The number of Topliss-reactive ketones (excluding diaryl/α,β-unsaturated/α-hetero) is 1. The minimum absolute atomic E-state index is 0.247. The van der Waals surface area contributed by atoms with E-state index in [1.165, 1.54) is 0 Å². The average Bonchev–Trinajstić information content (AvgIpc) is 3.11. The summed E-state index contributed by atoms with van der Waals surface area (Å²) in [4.78, 5) is 30.5. The first kappa shape index (κ1) is 22.5. The Kier molecular flexibility index (Phi) is 6.43. The number of hydrogen-bond donors (Lipinski definition) is 0. The Morgan fingerprint density at radius 2 is 1.79 bits per heavy atom. The van der Waals surface area contributed by atoms with Gasteiger partial charge in [0.25, 0.3) is 0 Å². The molecule has 5 nitrogen and oxygen atoms in total.